The number of nitroso groups, excluding NO2 is 1. The van der Waals surface area contributed by atoms with Gasteiger partial charge < -0.3 is 15.2 Å². The van der Waals surface area contributed by atoms with Crippen LogP contribution in [0.1, 0.15) is 26.7 Å². The number of carbonyl (C=O) groups excluding carboxylic acids is 1. The Hall–Kier alpha value is -0.931. The van der Waals surface area contributed by atoms with E-state index in [4.69, 9.17) is 19.8 Å². The number of esters is 1. The van der Waals surface area contributed by atoms with Crippen LogP contribution in [0.4, 0.5) is 0 Å². The maximum atomic E-state index is 10.4. The van der Waals surface area contributed by atoms with Crippen LogP contribution in [0.2, 0.25) is 0 Å². The molecule has 0 aromatic carbocycles. The third kappa shape index (κ3) is 62.3. The molecule has 0 saturated heterocycles. The van der Waals surface area contributed by atoms with E-state index in [2.05, 4.69) is 18.0 Å². The van der Waals surface area contributed by atoms with Gasteiger partial charge in [0.05, 0.1) is 6.61 Å². The van der Waals surface area contributed by atoms with Crippen LogP contribution >= 0.6 is 0 Å². The van der Waals surface area contributed by atoms with Crippen LogP contribution in [0, 0.1) is 18.2 Å². The monoisotopic (exact) mass is 258 g/mol. The summed E-state index contributed by atoms with van der Waals surface area (Å²) in [5.41, 5.74) is 5.75. The molecule has 0 heterocycles. The van der Waals surface area contributed by atoms with Gasteiger partial charge in [-0.1, -0.05) is 6.92 Å². The van der Waals surface area contributed by atoms with Crippen molar-refractivity contribution in [1.82, 2.24) is 0 Å². The van der Waals surface area contributed by atoms with Gasteiger partial charge in [-0.3, -0.25) is 4.79 Å². The van der Waals surface area contributed by atoms with Crippen molar-refractivity contribution in [3.8, 4) is 0 Å². The van der Waals surface area contributed by atoms with E-state index in [1.807, 2.05) is 13.8 Å². The second-order valence-electron chi connectivity index (χ2n) is 1.56. The second kappa shape index (κ2) is 51.7. The van der Waals surface area contributed by atoms with Crippen LogP contribution in [0.5, 0.6) is 0 Å². The molecule has 6 nitrogen and oxygen atoms in total. The van der Waals surface area contributed by atoms with Crippen molar-refractivity contribution in [2.45, 2.75) is 26.7 Å². The minimum absolute atomic E-state index is 0. The van der Waals surface area contributed by atoms with E-state index in [0.717, 1.165) is 6.42 Å². The molecule has 0 bridgehead atoms. The van der Waals surface area contributed by atoms with Crippen LogP contribution in [0.3, 0.4) is 0 Å². The number of nitrogens with zero attached hydrogens (tertiary/aromatic N) is 1. The molecule has 7 heteroatoms. The summed E-state index contributed by atoms with van der Waals surface area (Å²) in [5.74, 6) is -0.0880. The minimum Gasteiger partial charge on any atom is -0.577 e. The fourth-order valence-corrected chi connectivity index (χ4v) is 0.437. The SMILES string of the molecule is CCCC(=O)OCC.[C-]#[O+].[C-]#[O+].[Fe+2].[N-]=O. The Morgan fingerprint density at radius 3 is 1.73 bits per heavy atom. The molecule has 0 aliphatic heterocycles. The van der Waals surface area contributed by atoms with Gasteiger partial charge in [-0.2, -0.15) is 0 Å². The zero-order valence-electron chi connectivity index (χ0n) is 8.46. The van der Waals surface area contributed by atoms with Crippen molar-refractivity contribution in [3.05, 3.63) is 23.8 Å². The quantitative estimate of drug-likeness (QED) is 0.332. The molecule has 0 rings (SSSR count). The third-order valence-electron chi connectivity index (χ3n) is 0.759. The largest absolute Gasteiger partial charge is 2.00 e. The summed E-state index contributed by atoms with van der Waals surface area (Å²) < 4.78 is 19.6. The molecule has 0 radical (unpaired) electrons. The second-order valence-corrected chi connectivity index (χ2v) is 1.56. The molecule has 0 spiro atoms. The van der Waals surface area contributed by atoms with E-state index in [1.54, 1.807) is 0 Å². The molecular weight excluding hydrogens is 246 g/mol. The molecule has 0 N–H and O–H groups in total. The molecule has 0 unspecified atom stereocenters. The Kier molecular flexibility index (Phi) is 101. The third-order valence-corrected chi connectivity index (χ3v) is 0.759. The van der Waals surface area contributed by atoms with Gasteiger partial charge in [0.1, 0.15) is 0 Å². The number of rotatable bonds is 3. The zero-order chi connectivity index (χ0) is 12.4. The van der Waals surface area contributed by atoms with Crippen molar-refractivity contribution < 1.29 is 35.9 Å². The molecule has 15 heavy (non-hydrogen) atoms. The zero-order valence-corrected chi connectivity index (χ0v) is 9.57. The van der Waals surface area contributed by atoms with Crippen molar-refractivity contribution >= 4 is 5.97 Å². The minimum atomic E-state index is -0.0880. The van der Waals surface area contributed by atoms with E-state index in [0.29, 0.717) is 13.0 Å². The van der Waals surface area contributed by atoms with Crippen molar-refractivity contribution in [2.75, 3.05) is 6.61 Å². The summed E-state index contributed by atoms with van der Waals surface area (Å²) in [6, 6.07) is 0. The fourth-order valence-electron chi connectivity index (χ4n) is 0.437. The van der Waals surface area contributed by atoms with Crippen LogP contribution in [-0.4, -0.2) is 12.6 Å². The van der Waals surface area contributed by atoms with Crippen molar-refractivity contribution in [3.63, 3.8) is 0 Å². The van der Waals surface area contributed by atoms with Gasteiger partial charge in [-0.05, 0) is 13.3 Å². The van der Waals surface area contributed by atoms with Crippen molar-refractivity contribution in [1.29, 1.82) is 0 Å². The van der Waals surface area contributed by atoms with E-state index < -0.39 is 0 Å². The smallest absolute Gasteiger partial charge is 0.577 e. The van der Waals surface area contributed by atoms with E-state index in [-0.39, 0.29) is 23.0 Å². The molecular formula is C8H12FeNO5+. The molecule has 0 aromatic heterocycles. The Morgan fingerprint density at radius 2 is 1.53 bits per heavy atom. The van der Waals surface area contributed by atoms with Gasteiger partial charge in [0.2, 0.25) is 0 Å². The average molecular weight is 258 g/mol. The molecule has 0 aliphatic carbocycles. The average Bonchev–Trinajstić information content (AvgIpc) is 2.27. The molecule has 0 saturated carbocycles. The number of hydrogen-bond acceptors (Lipinski definition) is 3. The molecule has 0 aromatic rings. The van der Waals surface area contributed by atoms with Crippen LogP contribution in [-0.2, 0) is 35.9 Å². The predicted molar refractivity (Wildman–Crippen MR) is 46.1 cm³/mol. The summed E-state index contributed by atoms with van der Waals surface area (Å²) in [5, 5.41) is 0. The summed E-state index contributed by atoms with van der Waals surface area (Å²) in [7, 11) is 0. The molecule has 86 valence electrons. The van der Waals surface area contributed by atoms with Crippen molar-refractivity contribution in [2.24, 2.45) is 0 Å². The maximum Gasteiger partial charge on any atom is 2.00 e. The predicted octanol–water partition coefficient (Wildman–Crippen LogP) is 1.59. The van der Waals surface area contributed by atoms with Crippen LogP contribution in [0.15, 0.2) is 0 Å². The van der Waals surface area contributed by atoms with Gasteiger partial charge in [0, 0.05) is 6.42 Å². The summed E-state index contributed by atoms with van der Waals surface area (Å²) in [6.45, 7) is 13.3. The first kappa shape index (κ1) is 29.2. The number of hydrogen-bond donors (Lipinski definition) is 0. The first-order valence-electron chi connectivity index (χ1n) is 3.56. The number of ether oxygens (including phenoxy) is 1. The Balaban J connectivity index is -0.0000000410. The molecule has 0 aliphatic rings. The van der Waals surface area contributed by atoms with Gasteiger partial charge in [-0.15, -0.1) is 0 Å². The normalized spacial score (nSPS) is 5.20. The van der Waals surface area contributed by atoms with E-state index >= 15 is 0 Å². The van der Waals surface area contributed by atoms with Gasteiger partial charge in [0.15, 0.2) is 0 Å². The molecule has 0 amide bonds. The topological polar surface area (TPSA) is 105 Å². The first-order chi connectivity index (χ1) is 6.81. The fraction of sp³-hybridized carbons (Fsp3) is 0.625. The summed E-state index contributed by atoms with van der Waals surface area (Å²) in [4.78, 5) is 17.7. The van der Waals surface area contributed by atoms with Crippen LogP contribution in [0.25, 0.3) is 5.59 Å². The van der Waals surface area contributed by atoms with E-state index in [9.17, 15) is 4.79 Å². The summed E-state index contributed by atoms with van der Waals surface area (Å²) >= 11 is 0. The Labute approximate surface area is 99.4 Å². The Morgan fingerprint density at radius 1 is 1.20 bits per heavy atom. The summed E-state index contributed by atoms with van der Waals surface area (Å²) in [6.07, 6.45) is 1.42. The molecule has 0 atom stereocenters. The maximum absolute atomic E-state index is 10.4. The van der Waals surface area contributed by atoms with Gasteiger partial charge >= 0.3 is 45.6 Å². The van der Waals surface area contributed by atoms with Gasteiger partial charge in [0.25, 0.3) is 0 Å². The van der Waals surface area contributed by atoms with Gasteiger partial charge in [-0.25, -0.2) is 0 Å². The van der Waals surface area contributed by atoms with E-state index in [1.165, 1.54) is 0 Å². The first-order valence-corrected chi connectivity index (χ1v) is 3.56. The van der Waals surface area contributed by atoms with Crippen LogP contribution < -0.4 is 0 Å². The Bertz CT molecular complexity index is 134. The standard InChI is InChI=1S/C6H12O2.2CO.Fe.NO/c1-3-5-6(7)8-4-2;2*1-2;;1-2/h3-5H2,1-2H3;;;;/q;;;+2;-1. The number of carbonyl (C=O) groups is 1. The molecule has 0 fully saturated rings.